The number of hydrogen-bond acceptors (Lipinski definition) is 2. The summed E-state index contributed by atoms with van der Waals surface area (Å²) in [7, 11) is 0. The van der Waals surface area contributed by atoms with Crippen LogP contribution in [0.3, 0.4) is 0 Å². The quantitative estimate of drug-likeness (QED) is 0.867. The Morgan fingerprint density at radius 1 is 1.21 bits per heavy atom. The predicted molar refractivity (Wildman–Crippen MR) is 78.6 cm³/mol. The lowest BCUT2D eigenvalue weighted by Gasteiger charge is -2.23. The third-order valence-electron chi connectivity index (χ3n) is 4.63. The number of rotatable bonds is 2. The molecule has 0 saturated heterocycles. The lowest BCUT2D eigenvalue weighted by atomic mass is 9.98. The summed E-state index contributed by atoms with van der Waals surface area (Å²) < 4.78 is 5.96. The van der Waals surface area contributed by atoms with Gasteiger partial charge in [0.05, 0.1) is 6.61 Å². The van der Waals surface area contributed by atoms with Gasteiger partial charge in [-0.1, -0.05) is 25.1 Å². The summed E-state index contributed by atoms with van der Waals surface area (Å²) in [6, 6.07) is 7.73. The van der Waals surface area contributed by atoms with E-state index in [1.165, 1.54) is 36.8 Å². The zero-order valence-electron chi connectivity index (χ0n) is 12.1. The third kappa shape index (κ3) is 2.79. The maximum absolute atomic E-state index is 5.96. The molecule has 1 aliphatic carbocycles. The van der Waals surface area contributed by atoms with Crippen molar-refractivity contribution in [2.75, 3.05) is 6.61 Å². The Morgan fingerprint density at radius 2 is 2.11 bits per heavy atom. The number of aryl methyl sites for hydroxylation is 1. The second kappa shape index (κ2) is 5.54. The van der Waals surface area contributed by atoms with Crippen molar-refractivity contribution in [1.82, 2.24) is 5.32 Å². The molecule has 3 atom stereocenters. The highest BCUT2D eigenvalue weighted by Crippen LogP contribution is 2.36. The summed E-state index contributed by atoms with van der Waals surface area (Å²) in [4.78, 5) is 0. The van der Waals surface area contributed by atoms with Crippen molar-refractivity contribution >= 4 is 0 Å². The lowest BCUT2D eigenvalue weighted by Crippen LogP contribution is -2.30. The number of benzene rings is 1. The first-order valence-corrected chi connectivity index (χ1v) is 7.72. The Labute approximate surface area is 116 Å². The highest BCUT2D eigenvalue weighted by atomic mass is 16.5. The molecule has 3 rings (SSSR count). The summed E-state index contributed by atoms with van der Waals surface area (Å²) in [5.74, 6) is 2.01. The molecule has 1 aromatic carbocycles. The van der Waals surface area contributed by atoms with Crippen molar-refractivity contribution in [3.05, 3.63) is 29.3 Å². The molecule has 1 fully saturated rings. The van der Waals surface area contributed by atoms with Crippen LogP contribution in [-0.4, -0.2) is 12.6 Å². The van der Waals surface area contributed by atoms with Gasteiger partial charge in [-0.05, 0) is 50.5 Å². The second-order valence-electron chi connectivity index (χ2n) is 6.32. The largest absolute Gasteiger partial charge is 0.493 e. The minimum Gasteiger partial charge on any atom is -0.493 e. The molecule has 0 spiro atoms. The zero-order valence-corrected chi connectivity index (χ0v) is 12.1. The van der Waals surface area contributed by atoms with Crippen LogP contribution >= 0.6 is 0 Å². The zero-order chi connectivity index (χ0) is 13.2. The van der Waals surface area contributed by atoms with Gasteiger partial charge < -0.3 is 10.1 Å². The highest BCUT2D eigenvalue weighted by Gasteiger charge is 2.27. The Bertz CT molecular complexity index is 443. The molecule has 1 heterocycles. The Morgan fingerprint density at radius 3 is 2.89 bits per heavy atom. The van der Waals surface area contributed by atoms with E-state index in [0.29, 0.717) is 12.1 Å². The number of fused-ring (bicyclic) bond motifs is 1. The van der Waals surface area contributed by atoms with Crippen molar-refractivity contribution in [3.8, 4) is 5.75 Å². The fourth-order valence-corrected chi connectivity index (χ4v) is 3.58. The molecule has 0 amide bonds. The summed E-state index contributed by atoms with van der Waals surface area (Å²) in [5.41, 5.74) is 2.64. The SMILES string of the molecule is Cc1cccc2c1OCCCC2NC1CCC(C)C1. The molecule has 0 radical (unpaired) electrons. The molecule has 3 unspecified atom stereocenters. The van der Waals surface area contributed by atoms with Gasteiger partial charge in [-0.15, -0.1) is 0 Å². The van der Waals surface area contributed by atoms with E-state index in [-0.39, 0.29) is 0 Å². The van der Waals surface area contributed by atoms with Crippen LogP contribution in [0.1, 0.15) is 56.2 Å². The fraction of sp³-hybridized carbons (Fsp3) is 0.647. The fourth-order valence-electron chi connectivity index (χ4n) is 3.58. The molecule has 1 saturated carbocycles. The molecule has 0 aromatic heterocycles. The smallest absolute Gasteiger partial charge is 0.126 e. The van der Waals surface area contributed by atoms with Crippen LogP contribution in [0.15, 0.2) is 18.2 Å². The van der Waals surface area contributed by atoms with Gasteiger partial charge in [-0.25, -0.2) is 0 Å². The molecule has 2 nitrogen and oxygen atoms in total. The van der Waals surface area contributed by atoms with Crippen molar-refractivity contribution in [1.29, 1.82) is 0 Å². The topological polar surface area (TPSA) is 21.3 Å². The summed E-state index contributed by atoms with van der Waals surface area (Å²) in [6.45, 7) is 5.38. The average Bonchev–Trinajstić information content (AvgIpc) is 2.68. The van der Waals surface area contributed by atoms with Crippen LogP contribution in [-0.2, 0) is 0 Å². The molecular weight excluding hydrogens is 234 g/mol. The van der Waals surface area contributed by atoms with E-state index < -0.39 is 0 Å². The van der Waals surface area contributed by atoms with Crippen molar-refractivity contribution in [2.45, 2.75) is 58.0 Å². The molecule has 0 bridgehead atoms. The van der Waals surface area contributed by atoms with Crippen LogP contribution in [0, 0.1) is 12.8 Å². The van der Waals surface area contributed by atoms with Crippen LogP contribution in [0.2, 0.25) is 0 Å². The van der Waals surface area contributed by atoms with Crippen molar-refractivity contribution in [3.63, 3.8) is 0 Å². The van der Waals surface area contributed by atoms with Gasteiger partial charge in [0, 0.05) is 17.6 Å². The van der Waals surface area contributed by atoms with Crippen molar-refractivity contribution < 1.29 is 4.74 Å². The lowest BCUT2D eigenvalue weighted by molar-refractivity contribution is 0.312. The van der Waals surface area contributed by atoms with Crippen LogP contribution in [0.25, 0.3) is 0 Å². The van der Waals surface area contributed by atoms with Gasteiger partial charge in [0.2, 0.25) is 0 Å². The van der Waals surface area contributed by atoms with E-state index in [1.807, 2.05) is 0 Å². The van der Waals surface area contributed by atoms with E-state index >= 15 is 0 Å². The number of nitrogens with one attached hydrogen (secondary N) is 1. The molecule has 19 heavy (non-hydrogen) atoms. The van der Waals surface area contributed by atoms with Gasteiger partial charge in [0.25, 0.3) is 0 Å². The molecule has 2 heteroatoms. The molecule has 104 valence electrons. The van der Waals surface area contributed by atoms with Gasteiger partial charge in [-0.2, -0.15) is 0 Å². The van der Waals surface area contributed by atoms with Crippen LogP contribution < -0.4 is 10.1 Å². The highest BCUT2D eigenvalue weighted by molar-refractivity contribution is 5.43. The summed E-state index contributed by atoms with van der Waals surface area (Å²) >= 11 is 0. The summed E-state index contributed by atoms with van der Waals surface area (Å²) in [5, 5.41) is 3.89. The first-order chi connectivity index (χ1) is 9.24. The van der Waals surface area contributed by atoms with Crippen LogP contribution in [0.4, 0.5) is 0 Å². The molecule has 1 aliphatic heterocycles. The van der Waals surface area contributed by atoms with Gasteiger partial charge >= 0.3 is 0 Å². The monoisotopic (exact) mass is 259 g/mol. The van der Waals surface area contributed by atoms with E-state index in [2.05, 4.69) is 37.4 Å². The number of hydrogen-bond donors (Lipinski definition) is 1. The minimum absolute atomic E-state index is 0.479. The third-order valence-corrected chi connectivity index (χ3v) is 4.63. The Balaban J connectivity index is 1.80. The Kier molecular flexibility index (Phi) is 3.79. The second-order valence-corrected chi connectivity index (χ2v) is 6.32. The molecule has 1 N–H and O–H groups in total. The van der Waals surface area contributed by atoms with E-state index in [0.717, 1.165) is 24.7 Å². The predicted octanol–water partition coefficient (Wildman–Crippen LogP) is 3.99. The normalized spacial score (nSPS) is 30.5. The first-order valence-electron chi connectivity index (χ1n) is 7.72. The number of para-hydroxylation sites is 1. The summed E-state index contributed by atoms with van der Waals surface area (Å²) in [6.07, 6.45) is 6.38. The molecule has 2 aliphatic rings. The van der Waals surface area contributed by atoms with Gasteiger partial charge in [0.15, 0.2) is 0 Å². The minimum atomic E-state index is 0.479. The van der Waals surface area contributed by atoms with E-state index in [1.54, 1.807) is 0 Å². The van der Waals surface area contributed by atoms with E-state index in [9.17, 15) is 0 Å². The number of ether oxygens (including phenoxy) is 1. The van der Waals surface area contributed by atoms with Crippen molar-refractivity contribution in [2.24, 2.45) is 5.92 Å². The maximum Gasteiger partial charge on any atom is 0.126 e. The average molecular weight is 259 g/mol. The first kappa shape index (κ1) is 13.0. The molecule has 1 aromatic rings. The van der Waals surface area contributed by atoms with Gasteiger partial charge in [0.1, 0.15) is 5.75 Å². The Hall–Kier alpha value is -1.02. The van der Waals surface area contributed by atoms with Gasteiger partial charge in [-0.3, -0.25) is 0 Å². The van der Waals surface area contributed by atoms with E-state index in [4.69, 9.17) is 4.74 Å². The standard InChI is InChI=1S/C17H25NO/c1-12-8-9-14(11-12)18-16-7-4-10-19-17-13(2)5-3-6-15(16)17/h3,5-6,12,14,16,18H,4,7-11H2,1-2H3. The maximum atomic E-state index is 5.96. The van der Waals surface area contributed by atoms with Crippen LogP contribution in [0.5, 0.6) is 5.75 Å². The molecular formula is C17H25NO.